The molecule has 0 atom stereocenters. The number of hydrogen-bond donors (Lipinski definition) is 2. The number of carbonyl (C=O) groups excluding carboxylic acids is 1. The van der Waals surface area contributed by atoms with E-state index < -0.39 is 0 Å². The van der Waals surface area contributed by atoms with Crippen molar-refractivity contribution in [3.8, 4) is 0 Å². The number of rotatable bonds is 1. The molecular weight excluding hydrogens is 262 g/mol. The van der Waals surface area contributed by atoms with Gasteiger partial charge >= 0.3 is 0 Å². The van der Waals surface area contributed by atoms with Crippen LogP contribution in [0.2, 0.25) is 0 Å². The molecule has 15 heavy (non-hydrogen) atoms. The normalized spacial score (nSPS) is 15.6. The first-order valence-corrected chi connectivity index (χ1v) is 5.28. The summed E-state index contributed by atoms with van der Waals surface area (Å²) in [7, 11) is 0. The number of carbonyl (C=O) groups is 1. The summed E-state index contributed by atoms with van der Waals surface area (Å²) in [4.78, 5) is 21.4. The minimum atomic E-state index is -0.0452. The second-order valence-corrected chi connectivity index (χ2v) is 3.86. The lowest BCUT2D eigenvalue weighted by molar-refractivity contribution is -0.118. The molecule has 0 bridgehead atoms. The molecule has 1 aromatic rings. The zero-order valence-corrected chi connectivity index (χ0v) is 9.49. The van der Waals surface area contributed by atoms with Crippen LogP contribution in [0.1, 0.15) is 6.42 Å². The molecule has 0 saturated heterocycles. The molecule has 0 spiro atoms. The minimum absolute atomic E-state index is 0.0452. The minimum Gasteiger partial charge on any atom is -0.366 e. The Balaban J connectivity index is 2.49. The first kappa shape index (κ1) is 10.3. The molecule has 1 amide bonds. The Morgan fingerprint density at radius 1 is 1.67 bits per heavy atom. The summed E-state index contributed by atoms with van der Waals surface area (Å²) in [6, 6.07) is 0. The molecule has 1 aliphatic rings. The number of halogens is 1. The molecule has 0 aliphatic carbocycles. The fourth-order valence-corrected chi connectivity index (χ4v) is 1.67. The number of hydrogen-bond acceptors (Lipinski definition) is 5. The van der Waals surface area contributed by atoms with Crippen LogP contribution in [0, 0.1) is 0 Å². The number of nitrogens with one attached hydrogen (secondary N) is 1. The molecule has 80 valence electrons. The monoisotopic (exact) mass is 271 g/mol. The summed E-state index contributed by atoms with van der Waals surface area (Å²) in [5.74, 6) is 1.03. The van der Waals surface area contributed by atoms with Crippen LogP contribution < -0.4 is 16.0 Å². The van der Waals surface area contributed by atoms with Crippen molar-refractivity contribution < 1.29 is 4.79 Å². The van der Waals surface area contributed by atoms with Crippen molar-refractivity contribution in [2.45, 2.75) is 6.42 Å². The average molecular weight is 272 g/mol. The van der Waals surface area contributed by atoms with Crippen LogP contribution in [0.25, 0.3) is 0 Å². The Morgan fingerprint density at radius 3 is 3.20 bits per heavy atom. The molecule has 3 N–H and O–H groups in total. The van der Waals surface area contributed by atoms with Gasteiger partial charge in [0.15, 0.2) is 11.6 Å². The quantitative estimate of drug-likeness (QED) is 0.768. The van der Waals surface area contributed by atoms with Crippen LogP contribution in [0.4, 0.5) is 11.6 Å². The van der Waals surface area contributed by atoms with Crippen molar-refractivity contribution in [1.29, 1.82) is 0 Å². The molecule has 0 fully saturated rings. The van der Waals surface area contributed by atoms with Crippen LogP contribution in [-0.2, 0) is 4.79 Å². The summed E-state index contributed by atoms with van der Waals surface area (Å²) in [6.45, 7) is 0.664. The summed E-state index contributed by atoms with van der Waals surface area (Å²) in [6.07, 6.45) is 1.98. The Kier molecular flexibility index (Phi) is 2.83. The van der Waals surface area contributed by atoms with Gasteiger partial charge in [-0.25, -0.2) is 9.97 Å². The number of amides is 1. The second kappa shape index (κ2) is 4.11. The maximum absolute atomic E-state index is 11.6. The highest BCUT2D eigenvalue weighted by Gasteiger charge is 2.23. The van der Waals surface area contributed by atoms with Gasteiger partial charge in [-0.15, -0.1) is 0 Å². The van der Waals surface area contributed by atoms with Gasteiger partial charge in [0.25, 0.3) is 0 Å². The topological polar surface area (TPSA) is 84.1 Å². The van der Waals surface area contributed by atoms with Crippen molar-refractivity contribution in [3.05, 3.63) is 10.8 Å². The van der Waals surface area contributed by atoms with Gasteiger partial charge < -0.3 is 11.1 Å². The molecule has 6 nitrogen and oxygen atoms in total. The summed E-state index contributed by atoms with van der Waals surface area (Å²) in [5.41, 5.74) is 5.52. The third kappa shape index (κ3) is 1.93. The van der Waals surface area contributed by atoms with E-state index in [-0.39, 0.29) is 12.6 Å². The predicted octanol–water partition coefficient (Wildman–Crippen LogP) is 0.304. The van der Waals surface area contributed by atoms with Gasteiger partial charge in [0.05, 0.1) is 12.9 Å². The first-order valence-electron chi connectivity index (χ1n) is 4.49. The molecule has 2 rings (SSSR count). The van der Waals surface area contributed by atoms with E-state index in [0.717, 1.165) is 0 Å². The Hall–Kier alpha value is -1.21. The standard InChI is InChI=1S/C8H10BrN5O/c9-5-3-12-7-8(13-5)14(4-10)6(15)1-2-11-7/h3H,1-2,4,10H2,(H,11,12). The van der Waals surface area contributed by atoms with Gasteiger partial charge in [0.1, 0.15) is 4.60 Å². The summed E-state index contributed by atoms with van der Waals surface area (Å²) < 4.78 is 0.580. The van der Waals surface area contributed by atoms with Crippen LogP contribution in [-0.4, -0.2) is 29.1 Å². The van der Waals surface area contributed by atoms with E-state index in [1.165, 1.54) is 4.90 Å². The van der Waals surface area contributed by atoms with Crippen molar-refractivity contribution >= 4 is 33.5 Å². The smallest absolute Gasteiger partial charge is 0.231 e. The molecular formula is C8H10BrN5O. The van der Waals surface area contributed by atoms with Crippen LogP contribution in [0.15, 0.2) is 10.8 Å². The van der Waals surface area contributed by atoms with Crippen molar-refractivity contribution in [2.24, 2.45) is 5.73 Å². The zero-order chi connectivity index (χ0) is 10.8. The van der Waals surface area contributed by atoms with Gasteiger partial charge in [-0.05, 0) is 15.9 Å². The molecule has 1 aliphatic heterocycles. The van der Waals surface area contributed by atoms with Gasteiger partial charge in [-0.2, -0.15) is 0 Å². The third-order valence-corrected chi connectivity index (χ3v) is 2.48. The van der Waals surface area contributed by atoms with Crippen molar-refractivity contribution in [1.82, 2.24) is 9.97 Å². The largest absolute Gasteiger partial charge is 0.366 e. The van der Waals surface area contributed by atoms with Crippen LogP contribution in [0.3, 0.4) is 0 Å². The number of nitrogens with zero attached hydrogens (tertiary/aromatic N) is 3. The summed E-state index contributed by atoms with van der Waals surface area (Å²) in [5, 5.41) is 3.03. The zero-order valence-electron chi connectivity index (χ0n) is 7.90. The number of fused-ring (bicyclic) bond motifs is 1. The van der Waals surface area contributed by atoms with Crippen LogP contribution in [0.5, 0.6) is 0 Å². The average Bonchev–Trinajstić information content (AvgIpc) is 2.36. The molecule has 0 aromatic carbocycles. The Labute approximate surface area is 95.0 Å². The number of aromatic nitrogens is 2. The maximum Gasteiger partial charge on any atom is 0.231 e. The predicted molar refractivity (Wildman–Crippen MR) is 59.4 cm³/mol. The van der Waals surface area contributed by atoms with E-state index in [0.29, 0.717) is 29.2 Å². The molecule has 2 heterocycles. The molecule has 1 aromatic heterocycles. The van der Waals surface area contributed by atoms with Gasteiger partial charge in [-0.3, -0.25) is 9.69 Å². The van der Waals surface area contributed by atoms with E-state index >= 15 is 0 Å². The van der Waals surface area contributed by atoms with E-state index in [2.05, 4.69) is 31.2 Å². The number of nitrogens with two attached hydrogens (primary N) is 1. The highest BCUT2D eigenvalue weighted by Crippen LogP contribution is 2.25. The van der Waals surface area contributed by atoms with Gasteiger partial charge in [-0.1, -0.05) is 0 Å². The van der Waals surface area contributed by atoms with E-state index in [4.69, 9.17) is 5.73 Å². The van der Waals surface area contributed by atoms with Crippen molar-refractivity contribution in [2.75, 3.05) is 23.4 Å². The molecule has 0 saturated carbocycles. The fourth-order valence-electron chi connectivity index (χ4n) is 1.40. The maximum atomic E-state index is 11.6. The second-order valence-electron chi connectivity index (χ2n) is 3.05. The van der Waals surface area contributed by atoms with E-state index in [1.807, 2.05) is 0 Å². The first-order chi connectivity index (χ1) is 7.22. The number of anilines is 2. The fraction of sp³-hybridized carbons (Fsp3) is 0.375. The highest BCUT2D eigenvalue weighted by atomic mass is 79.9. The highest BCUT2D eigenvalue weighted by molar-refractivity contribution is 9.10. The third-order valence-electron chi connectivity index (χ3n) is 2.10. The Morgan fingerprint density at radius 2 is 2.47 bits per heavy atom. The Bertz CT molecular complexity index is 397. The molecule has 7 heteroatoms. The molecule has 0 radical (unpaired) electrons. The summed E-state index contributed by atoms with van der Waals surface area (Å²) >= 11 is 3.21. The van der Waals surface area contributed by atoms with E-state index in [1.54, 1.807) is 6.20 Å². The van der Waals surface area contributed by atoms with Crippen LogP contribution >= 0.6 is 15.9 Å². The lowest BCUT2D eigenvalue weighted by Gasteiger charge is -2.18. The molecule has 0 unspecified atom stereocenters. The van der Waals surface area contributed by atoms with Crippen molar-refractivity contribution in [3.63, 3.8) is 0 Å². The van der Waals surface area contributed by atoms with Gasteiger partial charge in [0, 0.05) is 13.0 Å². The SMILES string of the molecule is NCN1C(=O)CCNc2ncc(Br)nc21. The van der Waals surface area contributed by atoms with Gasteiger partial charge in [0.2, 0.25) is 5.91 Å². The lowest BCUT2D eigenvalue weighted by Crippen LogP contribution is -2.36. The van der Waals surface area contributed by atoms with E-state index in [9.17, 15) is 4.79 Å². The lowest BCUT2D eigenvalue weighted by atomic mass is 10.4.